The van der Waals surface area contributed by atoms with E-state index in [1.807, 2.05) is 30.3 Å². The fourth-order valence-electron chi connectivity index (χ4n) is 1.94. The van der Waals surface area contributed by atoms with E-state index in [1.54, 1.807) is 0 Å². The lowest BCUT2D eigenvalue weighted by Gasteiger charge is -2.28. The number of aromatic nitrogens is 1. The van der Waals surface area contributed by atoms with Crippen LogP contribution in [0, 0.1) is 11.3 Å². The first-order valence-electron chi connectivity index (χ1n) is 5.64. The van der Waals surface area contributed by atoms with Crippen LogP contribution in [0.25, 0.3) is 10.9 Å². The van der Waals surface area contributed by atoms with Crippen LogP contribution in [0.5, 0.6) is 0 Å². The standard InChI is InChI=1S/C13H12N4/c14-6-9-5-13(16-10-7-15-8-10)17-12-4-2-1-3-11(9)12/h1-5,10,15H,7-8H2,(H,16,17). The molecule has 17 heavy (non-hydrogen) atoms. The molecule has 1 aromatic carbocycles. The molecule has 3 rings (SSSR count). The van der Waals surface area contributed by atoms with Crippen molar-refractivity contribution in [3.8, 4) is 6.07 Å². The zero-order chi connectivity index (χ0) is 11.7. The van der Waals surface area contributed by atoms with E-state index in [4.69, 9.17) is 5.26 Å². The molecule has 1 fully saturated rings. The third-order valence-electron chi connectivity index (χ3n) is 2.97. The number of nitrogens with one attached hydrogen (secondary N) is 2. The summed E-state index contributed by atoms with van der Waals surface area (Å²) >= 11 is 0. The molecule has 0 bridgehead atoms. The second-order valence-corrected chi connectivity index (χ2v) is 4.18. The predicted octanol–water partition coefficient (Wildman–Crippen LogP) is 1.49. The van der Waals surface area contributed by atoms with Gasteiger partial charge in [-0.05, 0) is 12.1 Å². The highest BCUT2D eigenvalue weighted by atomic mass is 15.1. The van der Waals surface area contributed by atoms with Crippen molar-refractivity contribution in [3.63, 3.8) is 0 Å². The Kier molecular flexibility index (Phi) is 2.39. The SMILES string of the molecule is N#Cc1cc(NC2CNC2)nc2ccccc12. The molecule has 2 N–H and O–H groups in total. The van der Waals surface area contributed by atoms with E-state index in [2.05, 4.69) is 21.7 Å². The zero-order valence-corrected chi connectivity index (χ0v) is 9.27. The summed E-state index contributed by atoms with van der Waals surface area (Å²) in [6.07, 6.45) is 0. The van der Waals surface area contributed by atoms with Gasteiger partial charge in [0.1, 0.15) is 5.82 Å². The number of anilines is 1. The number of fused-ring (bicyclic) bond motifs is 1. The maximum Gasteiger partial charge on any atom is 0.128 e. The molecular formula is C13H12N4. The van der Waals surface area contributed by atoms with Crippen LogP contribution in [0.2, 0.25) is 0 Å². The van der Waals surface area contributed by atoms with Gasteiger partial charge in [-0.2, -0.15) is 5.26 Å². The highest BCUT2D eigenvalue weighted by molar-refractivity contribution is 5.86. The summed E-state index contributed by atoms with van der Waals surface area (Å²) in [6.45, 7) is 1.91. The van der Waals surface area contributed by atoms with Crippen LogP contribution in [0.3, 0.4) is 0 Å². The van der Waals surface area contributed by atoms with Crippen molar-refractivity contribution in [3.05, 3.63) is 35.9 Å². The van der Waals surface area contributed by atoms with Gasteiger partial charge in [-0.3, -0.25) is 0 Å². The Morgan fingerprint density at radius 3 is 2.88 bits per heavy atom. The minimum atomic E-state index is 0.426. The zero-order valence-electron chi connectivity index (χ0n) is 9.27. The predicted molar refractivity (Wildman–Crippen MR) is 66.7 cm³/mol. The summed E-state index contributed by atoms with van der Waals surface area (Å²) in [7, 11) is 0. The number of nitriles is 1. The van der Waals surface area contributed by atoms with Crippen LogP contribution >= 0.6 is 0 Å². The number of benzene rings is 1. The maximum absolute atomic E-state index is 9.15. The van der Waals surface area contributed by atoms with Gasteiger partial charge in [-0.15, -0.1) is 0 Å². The minimum absolute atomic E-state index is 0.426. The van der Waals surface area contributed by atoms with Crippen molar-refractivity contribution in [2.24, 2.45) is 0 Å². The molecule has 0 saturated carbocycles. The Morgan fingerprint density at radius 1 is 1.35 bits per heavy atom. The molecule has 1 aliphatic heterocycles. The maximum atomic E-state index is 9.15. The van der Waals surface area contributed by atoms with Crippen LogP contribution in [-0.4, -0.2) is 24.1 Å². The van der Waals surface area contributed by atoms with Crippen molar-refractivity contribution in [1.82, 2.24) is 10.3 Å². The minimum Gasteiger partial charge on any atom is -0.365 e. The molecule has 2 aromatic rings. The summed E-state index contributed by atoms with van der Waals surface area (Å²) in [5.41, 5.74) is 1.53. The van der Waals surface area contributed by atoms with Crippen molar-refractivity contribution in [1.29, 1.82) is 5.26 Å². The van der Waals surface area contributed by atoms with E-state index < -0.39 is 0 Å². The molecular weight excluding hydrogens is 212 g/mol. The van der Waals surface area contributed by atoms with Gasteiger partial charge in [0, 0.05) is 18.5 Å². The number of para-hydroxylation sites is 1. The van der Waals surface area contributed by atoms with E-state index in [9.17, 15) is 0 Å². The van der Waals surface area contributed by atoms with Crippen LogP contribution in [0.1, 0.15) is 5.56 Å². The number of rotatable bonds is 2. The second kappa shape index (κ2) is 4.04. The van der Waals surface area contributed by atoms with Gasteiger partial charge in [0.25, 0.3) is 0 Å². The number of nitrogens with zero attached hydrogens (tertiary/aromatic N) is 2. The topological polar surface area (TPSA) is 60.7 Å². The molecule has 1 aromatic heterocycles. The third kappa shape index (κ3) is 1.81. The lowest BCUT2D eigenvalue weighted by molar-refractivity contribution is 0.471. The average molecular weight is 224 g/mol. The van der Waals surface area contributed by atoms with Crippen molar-refractivity contribution in [2.45, 2.75) is 6.04 Å². The van der Waals surface area contributed by atoms with Crippen molar-refractivity contribution in [2.75, 3.05) is 18.4 Å². The smallest absolute Gasteiger partial charge is 0.128 e. The van der Waals surface area contributed by atoms with Gasteiger partial charge in [0.05, 0.1) is 23.2 Å². The normalized spacial score (nSPS) is 15.2. The highest BCUT2D eigenvalue weighted by Gasteiger charge is 2.17. The summed E-state index contributed by atoms with van der Waals surface area (Å²) in [5, 5.41) is 16.6. The summed E-state index contributed by atoms with van der Waals surface area (Å²) in [5.74, 6) is 0.784. The molecule has 0 unspecified atom stereocenters. The van der Waals surface area contributed by atoms with Gasteiger partial charge in [-0.25, -0.2) is 4.98 Å². The van der Waals surface area contributed by atoms with Crippen molar-refractivity contribution < 1.29 is 0 Å². The molecule has 1 aliphatic rings. The van der Waals surface area contributed by atoms with Crippen LogP contribution < -0.4 is 10.6 Å². The Hall–Kier alpha value is -2.12. The summed E-state index contributed by atoms with van der Waals surface area (Å²) in [4.78, 5) is 4.52. The number of pyridine rings is 1. The quantitative estimate of drug-likeness (QED) is 0.811. The first-order valence-corrected chi connectivity index (χ1v) is 5.64. The lowest BCUT2D eigenvalue weighted by Crippen LogP contribution is -2.51. The molecule has 1 saturated heterocycles. The number of hydrogen-bond donors (Lipinski definition) is 2. The average Bonchev–Trinajstić information content (AvgIpc) is 2.33. The lowest BCUT2D eigenvalue weighted by atomic mass is 10.1. The van der Waals surface area contributed by atoms with Gasteiger partial charge in [0.15, 0.2) is 0 Å². The fourth-order valence-corrected chi connectivity index (χ4v) is 1.94. The molecule has 0 amide bonds. The van der Waals surface area contributed by atoms with E-state index in [0.717, 1.165) is 29.8 Å². The van der Waals surface area contributed by atoms with Gasteiger partial charge in [0.2, 0.25) is 0 Å². The molecule has 0 aliphatic carbocycles. The molecule has 4 nitrogen and oxygen atoms in total. The Labute approximate surface area is 99.3 Å². The van der Waals surface area contributed by atoms with Crippen molar-refractivity contribution >= 4 is 16.7 Å². The fraction of sp³-hybridized carbons (Fsp3) is 0.231. The van der Waals surface area contributed by atoms with E-state index in [1.165, 1.54) is 0 Å². The first-order chi connectivity index (χ1) is 8.36. The summed E-state index contributed by atoms with van der Waals surface area (Å²) in [6, 6.07) is 12.2. The van der Waals surface area contributed by atoms with Crippen LogP contribution in [0.4, 0.5) is 5.82 Å². The third-order valence-corrected chi connectivity index (χ3v) is 2.97. The number of hydrogen-bond acceptors (Lipinski definition) is 4. The molecule has 2 heterocycles. The molecule has 0 spiro atoms. The molecule has 4 heteroatoms. The van der Waals surface area contributed by atoms with Crippen LogP contribution in [0.15, 0.2) is 30.3 Å². The molecule has 0 radical (unpaired) electrons. The molecule has 0 atom stereocenters. The van der Waals surface area contributed by atoms with Gasteiger partial charge in [-0.1, -0.05) is 18.2 Å². The molecule has 84 valence electrons. The second-order valence-electron chi connectivity index (χ2n) is 4.18. The Balaban J connectivity index is 2.05. The summed E-state index contributed by atoms with van der Waals surface area (Å²) < 4.78 is 0. The Morgan fingerprint density at radius 2 is 2.18 bits per heavy atom. The van der Waals surface area contributed by atoms with E-state index in [0.29, 0.717) is 11.6 Å². The van der Waals surface area contributed by atoms with E-state index >= 15 is 0 Å². The monoisotopic (exact) mass is 224 g/mol. The highest BCUT2D eigenvalue weighted by Crippen LogP contribution is 2.20. The van der Waals surface area contributed by atoms with E-state index in [-0.39, 0.29) is 0 Å². The largest absolute Gasteiger partial charge is 0.365 e. The first kappa shape index (κ1) is 10.1. The Bertz CT molecular complexity index is 596. The van der Waals surface area contributed by atoms with Gasteiger partial charge < -0.3 is 10.6 Å². The van der Waals surface area contributed by atoms with Gasteiger partial charge >= 0.3 is 0 Å². The van der Waals surface area contributed by atoms with Crippen LogP contribution in [-0.2, 0) is 0 Å².